The molecule has 1 aromatic heterocycles. The molecule has 0 fully saturated rings. The van der Waals surface area contributed by atoms with Crippen LogP contribution in [0.25, 0.3) is 0 Å². The zero-order valence-corrected chi connectivity index (χ0v) is 11.6. The van der Waals surface area contributed by atoms with Gasteiger partial charge in [0.2, 0.25) is 0 Å². The van der Waals surface area contributed by atoms with Gasteiger partial charge in [0.25, 0.3) is 0 Å². The molecule has 2 rings (SSSR count). The summed E-state index contributed by atoms with van der Waals surface area (Å²) >= 11 is 12.0. The Labute approximate surface area is 115 Å². The van der Waals surface area contributed by atoms with Crippen molar-refractivity contribution in [2.45, 2.75) is 26.0 Å². The van der Waals surface area contributed by atoms with Gasteiger partial charge in [0.15, 0.2) is 0 Å². The van der Waals surface area contributed by atoms with Crippen LogP contribution in [-0.2, 0) is 12.1 Å². The summed E-state index contributed by atoms with van der Waals surface area (Å²) in [5.41, 5.74) is 0.369. The van der Waals surface area contributed by atoms with E-state index in [1.807, 2.05) is 12.1 Å². The fourth-order valence-corrected chi connectivity index (χ4v) is 1.88. The first-order valence-corrected chi connectivity index (χ1v) is 6.19. The molecule has 4 nitrogen and oxygen atoms in total. The number of rotatable bonds is 3. The highest BCUT2D eigenvalue weighted by molar-refractivity contribution is 6.42. The maximum absolute atomic E-state index is 9.80. The van der Waals surface area contributed by atoms with Crippen molar-refractivity contribution in [2.75, 3.05) is 0 Å². The fourth-order valence-electron chi connectivity index (χ4n) is 1.50. The predicted molar refractivity (Wildman–Crippen MR) is 70.8 cm³/mol. The minimum Gasteiger partial charge on any atom is -0.384 e. The summed E-state index contributed by atoms with van der Waals surface area (Å²) in [5.74, 6) is 0. The Bertz CT molecular complexity index is 561. The summed E-state index contributed by atoms with van der Waals surface area (Å²) in [7, 11) is 0. The van der Waals surface area contributed by atoms with Crippen LogP contribution >= 0.6 is 23.2 Å². The van der Waals surface area contributed by atoms with Crippen molar-refractivity contribution in [3.8, 4) is 0 Å². The zero-order valence-electron chi connectivity index (χ0n) is 10.1. The standard InChI is InChI=1S/C12H13Cl2N3O/c1-12(2,18)10-7-17(16-15-10)6-8-4-3-5-9(13)11(8)14/h3-5,7,18H,6H2,1-2H3. The number of hydrogen-bond donors (Lipinski definition) is 1. The minimum absolute atomic E-state index is 0.461. The molecule has 0 radical (unpaired) electrons. The Kier molecular flexibility index (Phi) is 3.61. The van der Waals surface area contributed by atoms with Gasteiger partial charge in [-0.1, -0.05) is 40.5 Å². The molecule has 6 heteroatoms. The molecule has 0 spiro atoms. The molecule has 0 atom stereocenters. The minimum atomic E-state index is -1.00. The van der Waals surface area contributed by atoms with Crippen LogP contribution in [0, 0.1) is 0 Å². The number of aliphatic hydroxyl groups is 1. The van der Waals surface area contributed by atoms with Gasteiger partial charge in [0, 0.05) is 0 Å². The lowest BCUT2D eigenvalue weighted by Crippen LogP contribution is -2.15. The van der Waals surface area contributed by atoms with Gasteiger partial charge in [-0.25, -0.2) is 4.68 Å². The van der Waals surface area contributed by atoms with Gasteiger partial charge >= 0.3 is 0 Å². The molecule has 2 aromatic rings. The van der Waals surface area contributed by atoms with E-state index in [0.717, 1.165) is 5.56 Å². The van der Waals surface area contributed by atoms with E-state index in [1.165, 1.54) is 0 Å². The van der Waals surface area contributed by atoms with E-state index in [0.29, 0.717) is 22.3 Å². The highest BCUT2D eigenvalue weighted by Gasteiger charge is 2.20. The summed E-state index contributed by atoms with van der Waals surface area (Å²) in [6.45, 7) is 3.78. The largest absolute Gasteiger partial charge is 0.384 e. The van der Waals surface area contributed by atoms with Crippen molar-refractivity contribution < 1.29 is 5.11 Å². The monoisotopic (exact) mass is 285 g/mol. The van der Waals surface area contributed by atoms with Crippen LogP contribution in [0.4, 0.5) is 0 Å². The van der Waals surface area contributed by atoms with E-state index < -0.39 is 5.60 Å². The smallest absolute Gasteiger partial charge is 0.114 e. The first-order chi connectivity index (χ1) is 8.38. The summed E-state index contributed by atoms with van der Waals surface area (Å²) in [6.07, 6.45) is 1.69. The number of aromatic nitrogens is 3. The second-order valence-corrected chi connectivity index (χ2v) is 5.36. The fraction of sp³-hybridized carbons (Fsp3) is 0.333. The van der Waals surface area contributed by atoms with Gasteiger partial charge in [-0.05, 0) is 25.5 Å². The Balaban J connectivity index is 2.24. The van der Waals surface area contributed by atoms with Crippen molar-refractivity contribution in [1.82, 2.24) is 15.0 Å². The molecule has 0 saturated carbocycles. The van der Waals surface area contributed by atoms with Crippen LogP contribution < -0.4 is 0 Å². The third kappa shape index (κ3) is 2.83. The van der Waals surface area contributed by atoms with Crippen molar-refractivity contribution in [3.63, 3.8) is 0 Å². The number of benzene rings is 1. The zero-order chi connectivity index (χ0) is 13.3. The molecule has 18 heavy (non-hydrogen) atoms. The van der Waals surface area contributed by atoms with Gasteiger partial charge in [0.05, 0.1) is 22.8 Å². The van der Waals surface area contributed by atoms with Crippen LogP contribution in [0.1, 0.15) is 25.1 Å². The Morgan fingerprint density at radius 3 is 2.67 bits per heavy atom. The van der Waals surface area contributed by atoms with Crippen LogP contribution in [-0.4, -0.2) is 20.1 Å². The highest BCUT2D eigenvalue weighted by atomic mass is 35.5. The van der Waals surface area contributed by atoms with Crippen LogP contribution in [0.3, 0.4) is 0 Å². The van der Waals surface area contributed by atoms with E-state index in [2.05, 4.69) is 10.3 Å². The molecule has 0 aliphatic rings. The summed E-state index contributed by atoms with van der Waals surface area (Å²) in [6, 6.07) is 5.44. The molecule has 0 unspecified atom stereocenters. The van der Waals surface area contributed by atoms with E-state index in [9.17, 15) is 5.11 Å². The third-order valence-corrected chi connectivity index (χ3v) is 3.39. The molecule has 0 bridgehead atoms. The lowest BCUT2D eigenvalue weighted by molar-refractivity contribution is 0.0737. The van der Waals surface area contributed by atoms with E-state index in [-0.39, 0.29) is 0 Å². The normalized spacial score (nSPS) is 11.8. The molecular weight excluding hydrogens is 273 g/mol. The molecule has 0 aliphatic carbocycles. The van der Waals surface area contributed by atoms with Crippen LogP contribution in [0.2, 0.25) is 10.0 Å². The van der Waals surface area contributed by atoms with Crippen molar-refractivity contribution in [3.05, 3.63) is 45.7 Å². The molecule has 1 heterocycles. The molecule has 0 saturated heterocycles. The van der Waals surface area contributed by atoms with E-state index in [4.69, 9.17) is 23.2 Å². The number of hydrogen-bond acceptors (Lipinski definition) is 3. The SMILES string of the molecule is CC(C)(O)c1cn(Cc2cccc(Cl)c2Cl)nn1. The molecule has 96 valence electrons. The average Bonchev–Trinajstić information content (AvgIpc) is 2.73. The average molecular weight is 286 g/mol. The van der Waals surface area contributed by atoms with Crippen molar-refractivity contribution in [1.29, 1.82) is 0 Å². The first kappa shape index (κ1) is 13.3. The number of nitrogens with zero attached hydrogens (tertiary/aromatic N) is 3. The molecule has 1 N–H and O–H groups in total. The van der Waals surface area contributed by atoms with Gasteiger partial charge in [-0.2, -0.15) is 0 Å². The quantitative estimate of drug-likeness (QED) is 0.944. The second kappa shape index (κ2) is 4.88. The molecule has 0 amide bonds. The highest BCUT2D eigenvalue weighted by Crippen LogP contribution is 2.26. The van der Waals surface area contributed by atoms with Gasteiger partial charge in [-0.3, -0.25) is 0 Å². The Hall–Kier alpha value is -1.10. The Morgan fingerprint density at radius 2 is 2.06 bits per heavy atom. The summed E-state index contributed by atoms with van der Waals surface area (Å²) < 4.78 is 1.62. The molecule has 1 aromatic carbocycles. The van der Waals surface area contributed by atoms with Crippen LogP contribution in [0.15, 0.2) is 24.4 Å². The maximum atomic E-state index is 9.80. The van der Waals surface area contributed by atoms with Gasteiger partial charge in [0.1, 0.15) is 11.3 Å². The lowest BCUT2D eigenvalue weighted by atomic mass is 10.1. The molecule has 0 aliphatic heterocycles. The number of halogens is 2. The van der Waals surface area contributed by atoms with Crippen molar-refractivity contribution >= 4 is 23.2 Å². The van der Waals surface area contributed by atoms with Gasteiger partial charge < -0.3 is 5.11 Å². The van der Waals surface area contributed by atoms with Crippen LogP contribution in [0.5, 0.6) is 0 Å². The topological polar surface area (TPSA) is 50.9 Å². The second-order valence-electron chi connectivity index (χ2n) is 4.57. The first-order valence-electron chi connectivity index (χ1n) is 5.44. The van der Waals surface area contributed by atoms with Gasteiger partial charge in [-0.15, -0.1) is 5.10 Å². The summed E-state index contributed by atoms with van der Waals surface area (Å²) in [5, 5.41) is 18.7. The Morgan fingerprint density at radius 1 is 1.33 bits per heavy atom. The van der Waals surface area contributed by atoms with E-state index in [1.54, 1.807) is 30.8 Å². The predicted octanol–water partition coefficient (Wildman–Crippen LogP) is 2.86. The third-order valence-electron chi connectivity index (χ3n) is 2.53. The lowest BCUT2D eigenvalue weighted by Gasteiger charge is -2.11. The van der Waals surface area contributed by atoms with E-state index >= 15 is 0 Å². The summed E-state index contributed by atoms with van der Waals surface area (Å²) in [4.78, 5) is 0. The molecular formula is C12H13Cl2N3O. The van der Waals surface area contributed by atoms with Crippen molar-refractivity contribution in [2.24, 2.45) is 0 Å². The maximum Gasteiger partial charge on any atom is 0.114 e.